The van der Waals surface area contributed by atoms with Crippen molar-refractivity contribution in [3.8, 4) is 0 Å². The minimum absolute atomic E-state index is 0.0875. The van der Waals surface area contributed by atoms with E-state index in [0.717, 1.165) is 22.2 Å². The van der Waals surface area contributed by atoms with Crippen LogP contribution in [0.4, 0.5) is 0 Å². The molecule has 19 heavy (non-hydrogen) atoms. The summed E-state index contributed by atoms with van der Waals surface area (Å²) in [4.78, 5) is 14.9. The number of hydrogen-bond acceptors (Lipinski definition) is 1. The van der Waals surface area contributed by atoms with E-state index in [1.54, 1.807) is 4.57 Å². The molecular weight excluding hydrogens is 260 g/mol. The maximum atomic E-state index is 12.0. The lowest BCUT2D eigenvalue weighted by molar-refractivity contribution is 0.787. The molecule has 0 atom stereocenters. The molecule has 96 valence electrons. The minimum atomic E-state index is -0.0875. The van der Waals surface area contributed by atoms with Gasteiger partial charge in [0.05, 0.1) is 17.6 Å². The van der Waals surface area contributed by atoms with Crippen LogP contribution in [0, 0.1) is 6.92 Å². The van der Waals surface area contributed by atoms with Gasteiger partial charge in [0, 0.05) is 5.02 Å². The summed E-state index contributed by atoms with van der Waals surface area (Å²) in [6.45, 7) is 2.55. The lowest BCUT2D eigenvalue weighted by atomic mass is 10.2. The zero-order chi connectivity index (χ0) is 13.4. The van der Waals surface area contributed by atoms with E-state index in [4.69, 9.17) is 11.6 Å². The van der Waals surface area contributed by atoms with Gasteiger partial charge in [-0.2, -0.15) is 0 Å². The highest BCUT2D eigenvalue weighted by Crippen LogP contribution is 2.15. The molecule has 4 heteroatoms. The van der Waals surface area contributed by atoms with Crippen molar-refractivity contribution >= 4 is 22.6 Å². The molecule has 3 nitrogen and oxygen atoms in total. The van der Waals surface area contributed by atoms with E-state index in [1.807, 2.05) is 49.4 Å². The van der Waals surface area contributed by atoms with Crippen LogP contribution < -0.4 is 5.69 Å². The summed E-state index contributed by atoms with van der Waals surface area (Å²) in [5.74, 6) is 0. The highest BCUT2D eigenvalue weighted by molar-refractivity contribution is 6.30. The molecule has 0 bridgehead atoms. The molecule has 0 fully saturated rings. The van der Waals surface area contributed by atoms with Gasteiger partial charge < -0.3 is 4.98 Å². The van der Waals surface area contributed by atoms with Crippen molar-refractivity contribution in [1.82, 2.24) is 9.55 Å². The lowest BCUT2D eigenvalue weighted by Crippen LogP contribution is -2.17. The van der Waals surface area contributed by atoms with Crippen LogP contribution in [-0.4, -0.2) is 9.55 Å². The van der Waals surface area contributed by atoms with Crippen molar-refractivity contribution in [3.63, 3.8) is 0 Å². The molecule has 0 aliphatic carbocycles. The topological polar surface area (TPSA) is 37.8 Å². The normalized spacial score (nSPS) is 11.1. The largest absolute Gasteiger partial charge is 0.326 e. The smallest absolute Gasteiger partial charge is 0.306 e. The van der Waals surface area contributed by atoms with Crippen molar-refractivity contribution in [2.75, 3.05) is 0 Å². The summed E-state index contributed by atoms with van der Waals surface area (Å²) in [6.07, 6.45) is 0. The molecule has 0 saturated heterocycles. The average Bonchev–Trinajstić information content (AvgIpc) is 2.68. The van der Waals surface area contributed by atoms with E-state index >= 15 is 0 Å². The highest BCUT2D eigenvalue weighted by atomic mass is 35.5. The number of nitrogens with zero attached hydrogens (tertiary/aromatic N) is 1. The first kappa shape index (κ1) is 12.1. The predicted octanol–water partition coefficient (Wildman–Crippen LogP) is 3.34. The zero-order valence-electron chi connectivity index (χ0n) is 10.5. The Labute approximate surface area is 115 Å². The fourth-order valence-electron chi connectivity index (χ4n) is 2.21. The van der Waals surface area contributed by atoms with Crippen LogP contribution in [0.25, 0.3) is 11.0 Å². The summed E-state index contributed by atoms with van der Waals surface area (Å²) in [6, 6.07) is 13.5. The van der Waals surface area contributed by atoms with E-state index in [0.29, 0.717) is 11.6 Å². The fraction of sp³-hybridized carbons (Fsp3) is 0.133. The van der Waals surface area contributed by atoms with Crippen LogP contribution in [0.1, 0.15) is 11.1 Å². The Balaban J connectivity index is 2.07. The number of halogens is 1. The van der Waals surface area contributed by atoms with Crippen molar-refractivity contribution in [3.05, 3.63) is 69.1 Å². The van der Waals surface area contributed by atoms with E-state index < -0.39 is 0 Å². The Morgan fingerprint density at radius 2 is 1.89 bits per heavy atom. The van der Waals surface area contributed by atoms with Gasteiger partial charge in [-0.25, -0.2) is 4.79 Å². The summed E-state index contributed by atoms with van der Waals surface area (Å²) >= 11 is 5.86. The zero-order valence-corrected chi connectivity index (χ0v) is 11.2. The van der Waals surface area contributed by atoms with E-state index in [9.17, 15) is 4.79 Å². The summed E-state index contributed by atoms with van der Waals surface area (Å²) in [5.41, 5.74) is 3.89. The first-order valence-corrected chi connectivity index (χ1v) is 6.45. The van der Waals surface area contributed by atoms with Gasteiger partial charge in [0.1, 0.15) is 0 Å². The van der Waals surface area contributed by atoms with Gasteiger partial charge >= 0.3 is 5.69 Å². The molecule has 0 radical (unpaired) electrons. The van der Waals surface area contributed by atoms with Gasteiger partial charge in [0.2, 0.25) is 0 Å². The quantitative estimate of drug-likeness (QED) is 0.763. The average molecular weight is 273 g/mol. The fourth-order valence-corrected chi connectivity index (χ4v) is 2.33. The molecule has 0 aliphatic rings. The molecule has 0 aliphatic heterocycles. The lowest BCUT2D eigenvalue weighted by Gasteiger charge is -2.04. The van der Waals surface area contributed by atoms with E-state index in [-0.39, 0.29) is 5.69 Å². The first-order valence-electron chi connectivity index (χ1n) is 6.07. The number of aromatic amines is 1. The Morgan fingerprint density at radius 1 is 1.16 bits per heavy atom. The van der Waals surface area contributed by atoms with Gasteiger partial charge in [-0.1, -0.05) is 29.8 Å². The number of benzene rings is 2. The van der Waals surface area contributed by atoms with Crippen LogP contribution in [0.2, 0.25) is 5.02 Å². The van der Waals surface area contributed by atoms with Crippen molar-refractivity contribution in [2.24, 2.45) is 0 Å². The van der Waals surface area contributed by atoms with E-state index in [2.05, 4.69) is 4.98 Å². The standard InChI is InChI=1S/C15H13ClN2O/c1-10-2-7-14-13(8-10)17-15(19)18(14)9-11-3-5-12(16)6-4-11/h2-8H,9H2,1H3,(H,17,19). The minimum Gasteiger partial charge on any atom is -0.306 e. The van der Waals surface area contributed by atoms with Crippen LogP contribution >= 0.6 is 11.6 Å². The Hall–Kier alpha value is -2.00. The second-order valence-corrected chi connectivity index (χ2v) is 5.10. The third-order valence-corrected chi connectivity index (χ3v) is 3.44. The van der Waals surface area contributed by atoms with Crippen LogP contribution in [0.15, 0.2) is 47.3 Å². The number of rotatable bonds is 2. The number of aromatic nitrogens is 2. The molecule has 3 rings (SSSR count). The molecule has 2 aromatic carbocycles. The van der Waals surface area contributed by atoms with Crippen LogP contribution in [0.3, 0.4) is 0 Å². The molecular formula is C15H13ClN2O. The number of nitrogens with one attached hydrogen (secondary N) is 1. The van der Waals surface area contributed by atoms with E-state index in [1.165, 1.54) is 0 Å². The van der Waals surface area contributed by atoms with Gasteiger partial charge in [-0.15, -0.1) is 0 Å². The molecule has 0 saturated carbocycles. The summed E-state index contributed by atoms with van der Waals surface area (Å²) in [5, 5.41) is 0.700. The number of fused-ring (bicyclic) bond motifs is 1. The molecule has 0 spiro atoms. The first-order chi connectivity index (χ1) is 9.13. The number of H-pyrrole nitrogens is 1. The molecule has 1 heterocycles. The molecule has 3 aromatic rings. The Morgan fingerprint density at radius 3 is 2.63 bits per heavy atom. The highest BCUT2D eigenvalue weighted by Gasteiger charge is 2.07. The monoisotopic (exact) mass is 272 g/mol. The maximum absolute atomic E-state index is 12.0. The summed E-state index contributed by atoms with van der Waals surface area (Å²) < 4.78 is 1.73. The van der Waals surface area contributed by atoms with Crippen molar-refractivity contribution in [1.29, 1.82) is 0 Å². The number of hydrogen-bond donors (Lipinski definition) is 1. The van der Waals surface area contributed by atoms with Crippen LogP contribution in [0.5, 0.6) is 0 Å². The van der Waals surface area contributed by atoms with Gasteiger partial charge in [-0.3, -0.25) is 4.57 Å². The third kappa shape index (κ3) is 2.29. The van der Waals surface area contributed by atoms with Crippen molar-refractivity contribution < 1.29 is 0 Å². The molecule has 1 N–H and O–H groups in total. The maximum Gasteiger partial charge on any atom is 0.326 e. The predicted molar refractivity (Wildman–Crippen MR) is 77.8 cm³/mol. The Bertz CT molecular complexity index is 784. The number of aryl methyl sites for hydroxylation is 1. The van der Waals surface area contributed by atoms with Crippen molar-refractivity contribution in [2.45, 2.75) is 13.5 Å². The molecule has 0 amide bonds. The van der Waals surface area contributed by atoms with Gasteiger partial charge in [-0.05, 0) is 42.3 Å². The number of imidazole rings is 1. The SMILES string of the molecule is Cc1ccc2c(c1)[nH]c(=O)n2Cc1ccc(Cl)cc1. The molecule has 0 unspecified atom stereocenters. The second-order valence-electron chi connectivity index (χ2n) is 4.66. The third-order valence-electron chi connectivity index (χ3n) is 3.18. The van der Waals surface area contributed by atoms with Gasteiger partial charge in [0.15, 0.2) is 0 Å². The van der Waals surface area contributed by atoms with Crippen LogP contribution in [-0.2, 0) is 6.54 Å². The summed E-state index contributed by atoms with van der Waals surface area (Å²) in [7, 11) is 0. The Kier molecular flexibility index (Phi) is 2.91. The molecule has 1 aromatic heterocycles. The van der Waals surface area contributed by atoms with Gasteiger partial charge in [0.25, 0.3) is 0 Å². The second kappa shape index (κ2) is 4.59.